The van der Waals surface area contributed by atoms with E-state index in [-0.39, 0.29) is 11.3 Å². The summed E-state index contributed by atoms with van der Waals surface area (Å²) in [5.41, 5.74) is 1.36. The van der Waals surface area contributed by atoms with Gasteiger partial charge in [0, 0.05) is 4.47 Å². The van der Waals surface area contributed by atoms with Gasteiger partial charge in [-0.1, -0.05) is 6.07 Å². The molecule has 5 heteroatoms. The molecule has 1 N–H and O–H groups in total. The third-order valence-electron chi connectivity index (χ3n) is 1.97. The predicted octanol–water partition coefficient (Wildman–Crippen LogP) is 2.99. The number of allylic oxidation sites excluding steroid dienone is 2. The number of halogens is 1. The first kappa shape index (κ1) is 12.8. The molecule has 0 radical (unpaired) electrons. The second-order valence-corrected chi connectivity index (χ2v) is 4.05. The number of aryl methyl sites for hydroxylation is 1. The number of nitriles is 3. The Morgan fingerprint density at radius 1 is 1.18 bits per heavy atom. The quantitative estimate of drug-likeness (QED) is 0.847. The van der Waals surface area contributed by atoms with Gasteiger partial charge in [-0.3, -0.25) is 0 Å². The molecule has 0 bridgehead atoms. The highest BCUT2D eigenvalue weighted by Crippen LogP contribution is 2.25. The van der Waals surface area contributed by atoms with E-state index in [1.807, 2.05) is 25.1 Å². The van der Waals surface area contributed by atoms with Crippen molar-refractivity contribution in [3.05, 3.63) is 39.5 Å². The summed E-state index contributed by atoms with van der Waals surface area (Å²) in [5, 5.41) is 29.1. The maximum atomic E-state index is 8.89. The average molecular weight is 287 g/mol. The minimum Gasteiger partial charge on any atom is -0.344 e. The largest absolute Gasteiger partial charge is 0.344 e. The molecular formula is C12H7BrN4. The van der Waals surface area contributed by atoms with E-state index in [1.54, 1.807) is 18.2 Å². The molecule has 0 heterocycles. The van der Waals surface area contributed by atoms with Gasteiger partial charge in [0.2, 0.25) is 0 Å². The van der Waals surface area contributed by atoms with Gasteiger partial charge in [-0.05, 0) is 40.5 Å². The lowest BCUT2D eigenvalue weighted by molar-refractivity contribution is 1.35. The van der Waals surface area contributed by atoms with Crippen LogP contribution in [0, 0.1) is 40.9 Å². The molecule has 0 aromatic heterocycles. The van der Waals surface area contributed by atoms with Gasteiger partial charge in [-0.15, -0.1) is 0 Å². The maximum Gasteiger partial charge on any atom is 0.163 e. The van der Waals surface area contributed by atoms with Gasteiger partial charge >= 0.3 is 0 Å². The third kappa shape index (κ3) is 3.08. The van der Waals surface area contributed by atoms with Crippen LogP contribution in [0.4, 0.5) is 5.69 Å². The van der Waals surface area contributed by atoms with E-state index in [4.69, 9.17) is 15.8 Å². The topological polar surface area (TPSA) is 83.4 Å². The van der Waals surface area contributed by atoms with Crippen molar-refractivity contribution in [2.45, 2.75) is 6.92 Å². The van der Waals surface area contributed by atoms with Crippen LogP contribution >= 0.6 is 15.9 Å². The molecule has 0 atom stereocenters. The Balaban J connectivity index is 3.20. The minimum absolute atomic E-state index is 0.0544. The summed E-state index contributed by atoms with van der Waals surface area (Å²) in [6, 6.07) is 10.7. The number of benzene rings is 1. The van der Waals surface area contributed by atoms with Crippen molar-refractivity contribution in [3.63, 3.8) is 0 Å². The summed E-state index contributed by atoms with van der Waals surface area (Å²) in [7, 11) is 0. The van der Waals surface area contributed by atoms with Crippen molar-refractivity contribution < 1.29 is 0 Å². The van der Waals surface area contributed by atoms with Crippen molar-refractivity contribution in [1.29, 1.82) is 15.8 Å². The standard InChI is InChI=1S/C12H7BrN4/c1-8-2-3-10(13)11(4-8)17-12(7-16)9(5-14)6-15/h2-4,17H,1H3. The number of hydrogen-bond donors (Lipinski definition) is 1. The second kappa shape index (κ2) is 5.70. The fourth-order valence-corrected chi connectivity index (χ4v) is 1.50. The summed E-state index contributed by atoms with van der Waals surface area (Å²) in [4.78, 5) is 0. The van der Waals surface area contributed by atoms with Gasteiger partial charge < -0.3 is 5.32 Å². The zero-order valence-electron chi connectivity index (χ0n) is 8.95. The Hall–Kier alpha value is -2.29. The van der Waals surface area contributed by atoms with Gasteiger partial charge in [-0.25, -0.2) is 0 Å². The molecule has 17 heavy (non-hydrogen) atoms. The van der Waals surface area contributed by atoms with Crippen molar-refractivity contribution in [3.8, 4) is 18.2 Å². The highest BCUT2D eigenvalue weighted by Gasteiger charge is 2.08. The van der Waals surface area contributed by atoms with Gasteiger partial charge in [0.25, 0.3) is 0 Å². The molecule has 82 valence electrons. The average Bonchev–Trinajstić information content (AvgIpc) is 2.33. The van der Waals surface area contributed by atoms with E-state index in [2.05, 4.69) is 21.2 Å². The highest BCUT2D eigenvalue weighted by atomic mass is 79.9. The molecule has 0 aliphatic rings. The van der Waals surface area contributed by atoms with Gasteiger partial charge in [0.15, 0.2) is 5.57 Å². The Kier molecular flexibility index (Phi) is 4.29. The van der Waals surface area contributed by atoms with Crippen LogP contribution in [0.3, 0.4) is 0 Å². The number of nitrogens with zero attached hydrogens (tertiary/aromatic N) is 3. The Morgan fingerprint density at radius 3 is 2.35 bits per heavy atom. The Morgan fingerprint density at radius 2 is 1.82 bits per heavy atom. The monoisotopic (exact) mass is 286 g/mol. The Labute approximate surface area is 108 Å². The summed E-state index contributed by atoms with van der Waals surface area (Å²) >= 11 is 3.32. The fourth-order valence-electron chi connectivity index (χ4n) is 1.15. The van der Waals surface area contributed by atoms with E-state index >= 15 is 0 Å². The molecule has 1 aromatic rings. The van der Waals surface area contributed by atoms with E-state index in [9.17, 15) is 0 Å². The fraction of sp³-hybridized carbons (Fsp3) is 0.0833. The SMILES string of the molecule is Cc1ccc(Br)c(NC(C#N)=C(C#N)C#N)c1. The first-order valence-electron chi connectivity index (χ1n) is 4.60. The van der Waals surface area contributed by atoms with E-state index < -0.39 is 0 Å². The zero-order valence-corrected chi connectivity index (χ0v) is 10.5. The molecule has 0 aliphatic carbocycles. The summed E-state index contributed by atoms with van der Waals surface area (Å²) in [6.07, 6.45) is 0. The molecule has 0 unspecified atom stereocenters. The minimum atomic E-state index is -0.235. The van der Waals surface area contributed by atoms with Crippen LogP contribution in [0.25, 0.3) is 0 Å². The van der Waals surface area contributed by atoms with Gasteiger partial charge in [0.05, 0.1) is 5.69 Å². The number of hydrogen-bond acceptors (Lipinski definition) is 4. The molecule has 0 amide bonds. The van der Waals surface area contributed by atoms with E-state index in [1.165, 1.54) is 0 Å². The van der Waals surface area contributed by atoms with Crippen LogP contribution in [0.5, 0.6) is 0 Å². The second-order valence-electron chi connectivity index (χ2n) is 3.19. The van der Waals surface area contributed by atoms with Crippen molar-refractivity contribution in [1.82, 2.24) is 0 Å². The summed E-state index contributed by atoms with van der Waals surface area (Å²) < 4.78 is 0.756. The van der Waals surface area contributed by atoms with Crippen molar-refractivity contribution in [2.75, 3.05) is 5.32 Å². The van der Waals surface area contributed by atoms with Crippen molar-refractivity contribution in [2.24, 2.45) is 0 Å². The normalized spacial score (nSPS) is 8.41. The van der Waals surface area contributed by atoms with E-state index in [0.29, 0.717) is 5.69 Å². The lowest BCUT2D eigenvalue weighted by Crippen LogP contribution is -2.01. The third-order valence-corrected chi connectivity index (χ3v) is 2.66. The van der Waals surface area contributed by atoms with Crippen molar-refractivity contribution >= 4 is 21.6 Å². The molecule has 0 spiro atoms. The molecule has 1 aromatic carbocycles. The van der Waals surface area contributed by atoms with Crippen LogP contribution in [-0.2, 0) is 0 Å². The highest BCUT2D eigenvalue weighted by molar-refractivity contribution is 9.10. The maximum absolute atomic E-state index is 8.89. The molecular weight excluding hydrogens is 280 g/mol. The molecule has 0 aliphatic heterocycles. The number of rotatable bonds is 2. The Bertz CT molecular complexity index is 580. The molecule has 1 rings (SSSR count). The molecule has 0 fully saturated rings. The number of anilines is 1. The summed E-state index contributed by atoms with van der Waals surface area (Å²) in [6.45, 7) is 1.91. The molecule has 0 saturated carbocycles. The lowest BCUT2D eigenvalue weighted by Gasteiger charge is -2.07. The molecule has 4 nitrogen and oxygen atoms in total. The van der Waals surface area contributed by atoms with Gasteiger partial charge in [-0.2, -0.15) is 15.8 Å². The van der Waals surface area contributed by atoms with Crippen LogP contribution in [0.15, 0.2) is 33.9 Å². The van der Waals surface area contributed by atoms with Crippen LogP contribution < -0.4 is 5.32 Å². The van der Waals surface area contributed by atoms with Crippen LogP contribution in [-0.4, -0.2) is 0 Å². The summed E-state index contributed by atoms with van der Waals surface area (Å²) in [5.74, 6) is 0. The molecule has 0 saturated heterocycles. The van der Waals surface area contributed by atoms with E-state index in [0.717, 1.165) is 10.0 Å². The smallest absolute Gasteiger partial charge is 0.163 e. The van der Waals surface area contributed by atoms with Crippen LogP contribution in [0.2, 0.25) is 0 Å². The first-order valence-corrected chi connectivity index (χ1v) is 5.39. The predicted molar refractivity (Wildman–Crippen MR) is 66.4 cm³/mol. The van der Waals surface area contributed by atoms with Gasteiger partial charge in [0.1, 0.15) is 23.9 Å². The first-order chi connectivity index (χ1) is 8.12. The lowest BCUT2D eigenvalue weighted by atomic mass is 10.2. The number of nitrogens with one attached hydrogen (secondary N) is 1. The van der Waals surface area contributed by atoms with Crippen LogP contribution in [0.1, 0.15) is 5.56 Å². The zero-order chi connectivity index (χ0) is 12.8.